The van der Waals surface area contributed by atoms with Crippen LogP contribution in [-0.4, -0.2) is 25.3 Å². The summed E-state index contributed by atoms with van der Waals surface area (Å²) < 4.78 is 69.8. The maximum absolute atomic E-state index is 13.1. The molecule has 0 aromatic heterocycles. The predicted octanol–water partition coefficient (Wildman–Crippen LogP) is 6.29. The largest absolute Gasteiger partial charge is 0.416 e. The van der Waals surface area contributed by atoms with E-state index in [0.29, 0.717) is 21.7 Å². The summed E-state index contributed by atoms with van der Waals surface area (Å²) in [5.41, 5.74) is -0.0225. The van der Waals surface area contributed by atoms with Gasteiger partial charge in [-0.1, -0.05) is 30.3 Å². The molecule has 3 aromatic carbocycles. The summed E-state index contributed by atoms with van der Waals surface area (Å²) >= 11 is 3.38. The Bertz CT molecular complexity index is 1290. The maximum Gasteiger partial charge on any atom is 0.416 e. The first-order valence-electron chi connectivity index (χ1n) is 10.1. The second-order valence-corrected chi connectivity index (χ2v) is 10.1. The Morgan fingerprint density at radius 3 is 2.32 bits per heavy atom. The minimum absolute atomic E-state index is 0.0769. The summed E-state index contributed by atoms with van der Waals surface area (Å²) in [4.78, 5) is 14.1. The van der Waals surface area contributed by atoms with Gasteiger partial charge in [0.2, 0.25) is 0 Å². The number of benzene rings is 3. The first kappa shape index (κ1) is 25.8. The van der Waals surface area contributed by atoms with Crippen LogP contribution in [0.2, 0.25) is 0 Å². The Labute approximate surface area is 204 Å². The van der Waals surface area contributed by atoms with Gasteiger partial charge in [0.1, 0.15) is 10.6 Å². The van der Waals surface area contributed by atoms with Gasteiger partial charge in [-0.05, 0) is 77.8 Å². The molecule has 0 N–H and O–H groups in total. The third-order valence-corrected chi connectivity index (χ3v) is 6.83. The van der Waals surface area contributed by atoms with Crippen molar-refractivity contribution >= 4 is 32.0 Å². The Balaban J connectivity index is 1.84. The van der Waals surface area contributed by atoms with E-state index in [0.717, 1.165) is 18.2 Å². The molecule has 0 aliphatic heterocycles. The Hall–Kier alpha value is -2.85. The molecule has 1 amide bonds. The standard InChI is InChI=1S/C24H21BrF3NO4S/c1-16(2)29(23(30)21-11-3-4-12-22(21)25)15-17-7-5-9-19(13-17)33-34(31,32)20-10-6-8-18(14-20)24(26,27)28/h3-14,16H,15H2,1-2H3. The number of nitrogens with zero attached hydrogens (tertiary/aromatic N) is 1. The number of carbonyl (C=O) groups excluding carboxylic acids is 1. The maximum atomic E-state index is 13.1. The van der Waals surface area contributed by atoms with Crippen LogP contribution in [0, 0.1) is 0 Å². The third kappa shape index (κ3) is 6.18. The summed E-state index contributed by atoms with van der Waals surface area (Å²) in [6, 6.07) is 16.3. The van der Waals surface area contributed by atoms with Crippen molar-refractivity contribution < 1.29 is 30.6 Å². The van der Waals surface area contributed by atoms with Gasteiger partial charge >= 0.3 is 16.3 Å². The van der Waals surface area contributed by atoms with Gasteiger partial charge in [-0.25, -0.2) is 0 Å². The van der Waals surface area contributed by atoms with E-state index in [1.165, 1.54) is 12.1 Å². The van der Waals surface area contributed by atoms with Gasteiger partial charge in [0.05, 0.1) is 11.1 Å². The topological polar surface area (TPSA) is 63.7 Å². The minimum atomic E-state index is -4.69. The number of halogens is 4. The lowest BCUT2D eigenvalue weighted by molar-refractivity contribution is -0.137. The van der Waals surface area contributed by atoms with Crippen LogP contribution in [0.15, 0.2) is 82.2 Å². The van der Waals surface area contributed by atoms with Crippen molar-refractivity contribution in [2.24, 2.45) is 0 Å². The smallest absolute Gasteiger partial charge is 0.379 e. The van der Waals surface area contributed by atoms with E-state index in [9.17, 15) is 26.4 Å². The van der Waals surface area contributed by atoms with Crippen molar-refractivity contribution in [1.82, 2.24) is 4.90 Å². The molecule has 0 saturated carbocycles. The van der Waals surface area contributed by atoms with Crippen LogP contribution >= 0.6 is 15.9 Å². The molecule has 0 fully saturated rings. The average molecular weight is 556 g/mol. The number of hydrogen-bond donors (Lipinski definition) is 0. The highest BCUT2D eigenvalue weighted by Gasteiger charge is 2.32. The molecule has 0 atom stereocenters. The zero-order valence-corrected chi connectivity index (χ0v) is 20.6. The SMILES string of the molecule is CC(C)N(Cc1cccc(OS(=O)(=O)c2cccc(C(F)(F)F)c2)c1)C(=O)c1ccccc1Br. The van der Waals surface area contributed by atoms with E-state index in [2.05, 4.69) is 15.9 Å². The van der Waals surface area contributed by atoms with Crippen molar-refractivity contribution in [2.45, 2.75) is 37.5 Å². The van der Waals surface area contributed by atoms with E-state index >= 15 is 0 Å². The summed E-state index contributed by atoms with van der Waals surface area (Å²) in [7, 11) is -4.51. The lowest BCUT2D eigenvalue weighted by Crippen LogP contribution is -2.36. The van der Waals surface area contributed by atoms with Gasteiger partial charge in [-0.15, -0.1) is 0 Å². The van der Waals surface area contributed by atoms with E-state index in [1.807, 2.05) is 13.8 Å². The number of amides is 1. The molecular weight excluding hydrogens is 535 g/mol. The van der Waals surface area contributed by atoms with E-state index < -0.39 is 26.8 Å². The molecule has 3 aromatic rings. The molecule has 0 heterocycles. The molecule has 0 bridgehead atoms. The summed E-state index contributed by atoms with van der Waals surface area (Å²) in [5, 5.41) is 0. The average Bonchev–Trinajstić information content (AvgIpc) is 2.77. The Kier molecular flexibility index (Phi) is 7.72. The molecule has 0 unspecified atom stereocenters. The number of hydrogen-bond acceptors (Lipinski definition) is 4. The van der Waals surface area contributed by atoms with Gasteiger partial charge in [-0.3, -0.25) is 4.79 Å². The summed E-state index contributed by atoms with van der Waals surface area (Å²) in [6.07, 6.45) is -4.69. The number of alkyl halides is 3. The molecule has 5 nitrogen and oxygen atoms in total. The zero-order valence-electron chi connectivity index (χ0n) is 18.2. The second-order valence-electron chi connectivity index (χ2n) is 7.72. The van der Waals surface area contributed by atoms with Crippen molar-refractivity contribution in [3.63, 3.8) is 0 Å². The van der Waals surface area contributed by atoms with Gasteiger partial charge in [0.25, 0.3) is 5.91 Å². The highest BCUT2D eigenvalue weighted by Crippen LogP contribution is 2.31. The minimum Gasteiger partial charge on any atom is -0.379 e. The molecule has 34 heavy (non-hydrogen) atoms. The highest BCUT2D eigenvalue weighted by atomic mass is 79.9. The first-order valence-corrected chi connectivity index (χ1v) is 12.3. The quantitative estimate of drug-likeness (QED) is 0.321. The van der Waals surface area contributed by atoms with Crippen molar-refractivity contribution in [1.29, 1.82) is 0 Å². The predicted molar refractivity (Wildman–Crippen MR) is 125 cm³/mol. The molecule has 0 aliphatic rings. The second kappa shape index (κ2) is 10.2. The fourth-order valence-corrected chi connectivity index (χ4v) is 4.60. The Morgan fingerprint density at radius 1 is 1.00 bits per heavy atom. The van der Waals surface area contributed by atoms with Gasteiger partial charge in [0.15, 0.2) is 0 Å². The van der Waals surface area contributed by atoms with Crippen LogP contribution in [0.4, 0.5) is 13.2 Å². The van der Waals surface area contributed by atoms with Gasteiger partial charge < -0.3 is 9.08 Å². The fourth-order valence-electron chi connectivity index (χ4n) is 3.17. The summed E-state index contributed by atoms with van der Waals surface area (Å²) in [6.45, 7) is 3.87. The molecule has 0 spiro atoms. The van der Waals surface area contributed by atoms with Crippen LogP contribution in [-0.2, 0) is 22.8 Å². The van der Waals surface area contributed by atoms with E-state index in [4.69, 9.17) is 4.18 Å². The van der Waals surface area contributed by atoms with Crippen LogP contribution in [0.3, 0.4) is 0 Å². The highest BCUT2D eigenvalue weighted by molar-refractivity contribution is 9.10. The molecule has 0 saturated heterocycles. The van der Waals surface area contributed by atoms with Crippen molar-refractivity contribution in [3.8, 4) is 5.75 Å². The lowest BCUT2D eigenvalue weighted by atomic mass is 10.1. The summed E-state index contributed by atoms with van der Waals surface area (Å²) in [5.74, 6) is -0.294. The number of carbonyl (C=O) groups is 1. The third-order valence-electron chi connectivity index (χ3n) is 4.90. The molecule has 180 valence electrons. The Morgan fingerprint density at radius 2 is 1.68 bits per heavy atom. The first-order chi connectivity index (χ1) is 15.9. The van der Waals surface area contributed by atoms with Crippen LogP contribution in [0.5, 0.6) is 5.75 Å². The van der Waals surface area contributed by atoms with Crippen LogP contribution < -0.4 is 4.18 Å². The monoisotopic (exact) mass is 555 g/mol. The number of rotatable bonds is 7. The van der Waals surface area contributed by atoms with E-state index in [-0.39, 0.29) is 24.2 Å². The van der Waals surface area contributed by atoms with Gasteiger partial charge in [-0.2, -0.15) is 21.6 Å². The zero-order chi connectivity index (χ0) is 25.1. The normalized spacial score (nSPS) is 12.0. The van der Waals surface area contributed by atoms with E-state index in [1.54, 1.807) is 41.3 Å². The molecule has 0 aliphatic carbocycles. The van der Waals surface area contributed by atoms with Gasteiger partial charge in [0, 0.05) is 17.1 Å². The van der Waals surface area contributed by atoms with Crippen LogP contribution in [0.25, 0.3) is 0 Å². The molecule has 3 rings (SSSR count). The lowest BCUT2D eigenvalue weighted by Gasteiger charge is -2.27. The fraction of sp³-hybridized carbons (Fsp3) is 0.208. The van der Waals surface area contributed by atoms with Crippen LogP contribution in [0.1, 0.15) is 35.3 Å². The molecule has 0 radical (unpaired) electrons. The van der Waals surface area contributed by atoms with Crippen molar-refractivity contribution in [3.05, 3.63) is 94.0 Å². The molecular formula is C24H21BrF3NO4S. The molecule has 10 heteroatoms. The van der Waals surface area contributed by atoms with Crippen molar-refractivity contribution in [2.75, 3.05) is 0 Å².